The third-order valence-corrected chi connectivity index (χ3v) is 8.78. The van der Waals surface area contributed by atoms with Gasteiger partial charge in [-0.05, 0) is 54.7 Å². The third kappa shape index (κ3) is 7.00. The van der Waals surface area contributed by atoms with Crippen LogP contribution in [0.1, 0.15) is 49.1 Å². The van der Waals surface area contributed by atoms with E-state index in [0.29, 0.717) is 30.2 Å². The molecule has 0 N–H and O–H groups in total. The number of aromatic nitrogens is 4. The fourth-order valence-electron chi connectivity index (χ4n) is 6.50. The molecule has 3 unspecified atom stereocenters. The molecule has 2 aromatic heterocycles. The molecule has 3 aliphatic heterocycles. The van der Waals surface area contributed by atoms with Crippen LogP contribution in [-0.4, -0.2) is 94.3 Å². The zero-order valence-electron chi connectivity index (χ0n) is 25.1. The minimum absolute atomic E-state index is 0.0715. The molecule has 0 amide bonds. The van der Waals surface area contributed by atoms with Crippen molar-refractivity contribution in [2.45, 2.75) is 50.3 Å². The van der Waals surface area contributed by atoms with Crippen molar-refractivity contribution in [2.24, 2.45) is 0 Å². The van der Waals surface area contributed by atoms with Crippen LogP contribution in [-0.2, 0) is 14.2 Å². The SMILES string of the molecule is Fc1ccc(C(c2ccc(F)cc2)N2CCN(CC(COc3ncnc4c3ncn4C3CCCO3)OC3CCCO3)CC2)cc1. The third-order valence-electron chi connectivity index (χ3n) is 8.78. The molecule has 238 valence electrons. The van der Waals surface area contributed by atoms with Crippen molar-refractivity contribution < 1.29 is 27.7 Å². The van der Waals surface area contributed by atoms with Gasteiger partial charge in [-0.3, -0.25) is 14.4 Å². The number of hydrogen-bond donors (Lipinski definition) is 0. The summed E-state index contributed by atoms with van der Waals surface area (Å²) in [6, 6.07) is 13.1. The molecule has 7 rings (SSSR count). The van der Waals surface area contributed by atoms with Gasteiger partial charge < -0.3 is 18.9 Å². The fraction of sp³-hybridized carbons (Fsp3) is 0.485. The van der Waals surface area contributed by atoms with Crippen molar-refractivity contribution in [1.82, 2.24) is 29.3 Å². The van der Waals surface area contributed by atoms with Gasteiger partial charge >= 0.3 is 0 Å². The molecule has 0 aliphatic carbocycles. The average Bonchev–Trinajstić information content (AvgIpc) is 3.85. The van der Waals surface area contributed by atoms with Gasteiger partial charge in [0.15, 0.2) is 17.5 Å². The molecule has 45 heavy (non-hydrogen) atoms. The topological polar surface area (TPSA) is 87.0 Å². The van der Waals surface area contributed by atoms with Gasteiger partial charge in [-0.25, -0.2) is 18.7 Å². The van der Waals surface area contributed by atoms with Crippen LogP contribution in [0.15, 0.2) is 61.2 Å². The van der Waals surface area contributed by atoms with E-state index in [2.05, 4.69) is 24.8 Å². The van der Waals surface area contributed by atoms with Gasteiger partial charge in [0, 0.05) is 52.4 Å². The predicted octanol–water partition coefficient (Wildman–Crippen LogP) is 4.72. The van der Waals surface area contributed by atoms with Crippen LogP contribution in [0, 0.1) is 11.6 Å². The van der Waals surface area contributed by atoms with E-state index in [1.807, 2.05) is 28.8 Å². The minimum atomic E-state index is -0.278. The lowest BCUT2D eigenvalue weighted by atomic mass is 9.96. The Balaban J connectivity index is 1.02. The Morgan fingerprint density at radius 2 is 1.51 bits per heavy atom. The predicted molar refractivity (Wildman–Crippen MR) is 162 cm³/mol. The summed E-state index contributed by atoms with van der Waals surface area (Å²) in [6.45, 7) is 5.52. The van der Waals surface area contributed by atoms with Crippen LogP contribution >= 0.6 is 0 Å². The van der Waals surface area contributed by atoms with Crippen LogP contribution in [0.25, 0.3) is 11.2 Å². The molecule has 10 nitrogen and oxygen atoms in total. The first-order valence-electron chi connectivity index (χ1n) is 15.8. The van der Waals surface area contributed by atoms with Gasteiger partial charge in [-0.1, -0.05) is 24.3 Å². The number of piperazine rings is 1. The van der Waals surface area contributed by atoms with Crippen molar-refractivity contribution in [1.29, 1.82) is 0 Å². The number of rotatable bonds is 11. The van der Waals surface area contributed by atoms with Crippen molar-refractivity contribution in [3.8, 4) is 5.88 Å². The maximum Gasteiger partial charge on any atom is 0.245 e. The molecule has 0 radical (unpaired) electrons. The summed E-state index contributed by atoms with van der Waals surface area (Å²) >= 11 is 0. The van der Waals surface area contributed by atoms with Gasteiger partial charge in [-0.15, -0.1) is 0 Å². The van der Waals surface area contributed by atoms with Crippen molar-refractivity contribution >= 4 is 11.2 Å². The minimum Gasteiger partial charge on any atom is -0.473 e. The maximum atomic E-state index is 13.8. The highest BCUT2D eigenvalue weighted by Crippen LogP contribution is 2.31. The molecule has 3 saturated heterocycles. The second-order valence-corrected chi connectivity index (χ2v) is 11.8. The van der Waals surface area contributed by atoms with Gasteiger partial charge in [0.1, 0.15) is 36.9 Å². The van der Waals surface area contributed by atoms with E-state index in [0.717, 1.165) is 69.6 Å². The quantitative estimate of drug-likeness (QED) is 0.236. The number of ether oxygens (including phenoxy) is 4. The molecule has 3 aliphatic rings. The van der Waals surface area contributed by atoms with Gasteiger partial charge in [0.2, 0.25) is 5.88 Å². The maximum absolute atomic E-state index is 13.8. The Morgan fingerprint density at radius 1 is 0.822 bits per heavy atom. The Labute approximate surface area is 260 Å². The zero-order chi connectivity index (χ0) is 30.6. The lowest BCUT2D eigenvalue weighted by Gasteiger charge is -2.40. The molecule has 0 spiro atoms. The van der Waals surface area contributed by atoms with E-state index in [4.69, 9.17) is 18.9 Å². The van der Waals surface area contributed by atoms with Crippen LogP contribution in [0.5, 0.6) is 5.88 Å². The number of imidazole rings is 1. The normalized spacial score (nSPS) is 22.0. The summed E-state index contributed by atoms with van der Waals surface area (Å²) in [5.41, 5.74) is 3.24. The van der Waals surface area contributed by atoms with E-state index in [9.17, 15) is 8.78 Å². The lowest BCUT2D eigenvalue weighted by molar-refractivity contribution is -0.157. The van der Waals surface area contributed by atoms with E-state index < -0.39 is 0 Å². The molecule has 12 heteroatoms. The van der Waals surface area contributed by atoms with Gasteiger partial charge in [-0.2, -0.15) is 4.98 Å². The average molecular weight is 621 g/mol. The molecule has 3 atom stereocenters. The second kappa shape index (κ2) is 13.8. The number of halogens is 2. The second-order valence-electron chi connectivity index (χ2n) is 11.8. The van der Waals surface area contributed by atoms with E-state index in [1.165, 1.54) is 30.6 Å². The highest BCUT2D eigenvalue weighted by atomic mass is 19.1. The van der Waals surface area contributed by atoms with Gasteiger partial charge in [0.25, 0.3) is 0 Å². The van der Waals surface area contributed by atoms with Crippen LogP contribution in [0.2, 0.25) is 0 Å². The molecule has 0 bridgehead atoms. The Kier molecular flexibility index (Phi) is 9.26. The summed E-state index contributed by atoms with van der Waals surface area (Å²) in [5.74, 6) is -0.136. The number of nitrogens with zero attached hydrogens (tertiary/aromatic N) is 6. The highest BCUT2D eigenvalue weighted by Gasteiger charge is 2.30. The Morgan fingerprint density at radius 3 is 2.16 bits per heavy atom. The number of hydrogen-bond acceptors (Lipinski definition) is 9. The van der Waals surface area contributed by atoms with E-state index in [-0.39, 0.29) is 42.9 Å². The molecule has 0 saturated carbocycles. The van der Waals surface area contributed by atoms with Crippen molar-refractivity contribution in [3.05, 3.63) is 83.9 Å². The van der Waals surface area contributed by atoms with E-state index >= 15 is 0 Å². The summed E-state index contributed by atoms with van der Waals surface area (Å²) in [4.78, 5) is 18.1. The zero-order valence-corrected chi connectivity index (χ0v) is 25.1. The standard InChI is InChI=1S/C33H38F2N6O4/c34-25-9-5-23(6-10-25)31(24-7-11-26(35)12-8-24)40-15-13-39(14-16-40)19-27(45-29-4-2-18-43-29)20-44-33-30-32(36-21-37-33)41(22-38-30)28-3-1-17-42-28/h5-12,21-22,27-29,31H,1-4,13-20H2. The Bertz CT molecular complexity index is 1490. The summed E-state index contributed by atoms with van der Waals surface area (Å²) < 4.78 is 53.8. The Hall–Kier alpha value is -3.55. The molecule has 3 fully saturated rings. The molecule has 4 aromatic rings. The number of benzene rings is 2. The smallest absolute Gasteiger partial charge is 0.245 e. The van der Waals surface area contributed by atoms with Crippen LogP contribution in [0.3, 0.4) is 0 Å². The first kappa shape index (κ1) is 30.1. The lowest BCUT2D eigenvalue weighted by Crippen LogP contribution is -2.51. The summed E-state index contributed by atoms with van der Waals surface area (Å²) in [7, 11) is 0. The first-order valence-corrected chi connectivity index (χ1v) is 15.8. The van der Waals surface area contributed by atoms with E-state index in [1.54, 1.807) is 6.33 Å². The summed E-state index contributed by atoms with van der Waals surface area (Å²) in [5, 5.41) is 0. The van der Waals surface area contributed by atoms with Gasteiger partial charge in [0.05, 0.1) is 12.4 Å². The van der Waals surface area contributed by atoms with Crippen LogP contribution < -0.4 is 4.74 Å². The van der Waals surface area contributed by atoms with Crippen molar-refractivity contribution in [2.75, 3.05) is 52.5 Å². The molecular weight excluding hydrogens is 582 g/mol. The fourth-order valence-corrected chi connectivity index (χ4v) is 6.50. The first-order chi connectivity index (χ1) is 22.1. The molecule has 2 aromatic carbocycles. The molecular formula is C33H38F2N6O4. The summed E-state index contributed by atoms with van der Waals surface area (Å²) in [6.07, 6.45) is 6.41. The van der Waals surface area contributed by atoms with Crippen molar-refractivity contribution in [3.63, 3.8) is 0 Å². The molecule has 5 heterocycles. The monoisotopic (exact) mass is 620 g/mol. The largest absolute Gasteiger partial charge is 0.473 e. The highest BCUT2D eigenvalue weighted by molar-refractivity contribution is 5.76. The van der Waals surface area contributed by atoms with Crippen LogP contribution in [0.4, 0.5) is 8.78 Å². The number of fused-ring (bicyclic) bond motifs is 1.